The molecule has 232 valence electrons. The van der Waals surface area contributed by atoms with E-state index in [-0.39, 0.29) is 24.2 Å². The van der Waals surface area contributed by atoms with Crippen LogP contribution in [0.25, 0.3) is 5.69 Å². The summed E-state index contributed by atoms with van der Waals surface area (Å²) >= 11 is 0. The summed E-state index contributed by atoms with van der Waals surface area (Å²) in [5.74, 6) is -2.12. The standard InChI is InChI=1S/C33H30F3N5O4/c1-3-40-31-26(18-38-41(31)25-13-5-4-6-14-25)27(22-10-7-9-21(15-22)17-37-29(43)20(2)19-42)28(32(40)45)39-30(44)23-11-8-12-24(16-23)33(34,35)36/h4-16,18,27-28,42H,2-3,17,19H2,1H3,(H,37,43)(H,39,44)/t27-,28+/m1/s1. The maximum absolute atomic E-state index is 14.2. The van der Waals surface area contributed by atoms with Crippen molar-refractivity contribution in [2.45, 2.75) is 31.6 Å². The van der Waals surface area contributed by atoms with Crippen molar-refractivity contribution in [2.24, 2.45) is 0 Å². The summed E-state index contributed by atoms with van der Waals surface area (Å²) in [4.78, 5) is 41.3. The summed E-state index contributed by atoms with van der Waals surface area (Å²) in [5, 5.41) is 19.2. The fraction of sp³-hybridized carbons (Fsp3) is 0.212. The van der Waals surface area contributed by atoms with Crippen molar-refractivity contribution in [3.05, 3.63) is 125 Å². The third-order valence-electron chi connectivity index (χ3n) is 7.56. The number of carbonyl (C=O) groups excluding carboxylic acids is 3. The lowest BCUT2D eigenvalue weighted by atomic mass is 9.81. The normalized spacial score (nSPS) is 16.2. The van der Waals surface area contributed by atoms with E-state index in [2.05, 4.69) is 22.3 Å². The number of anilines is 1. The lowest BCUT2D eigenvalue weighted by Crippen LogP contribution is -2.55. The van der Waals surface area contributed by atoms with Crippen molar-refractivity contribution < 1.29 is 32.7 Å². The van der Waals surface area contributed by atoms with Crippen LogP contribution < -0.4 is 15.5 Å². The van der Waals surface area contributed by atoms with Gasteiger partial charge >= 0.3 is 6.18 Å². The molecule has 0 unspecified atom stereocenters. The van der Waals surface area contributed by atoms with Crippen molar-refractivity contribution >= 4 is 23.5 Å². The minimum absolute atomic E-state index is 0.000902. The van der Waals surface area contributed by atoms with Crippen LogP contribution >= 0.6 is 0 Å². The van der Waals surface area contributed by atoms with E-state index < -0.39 is 48.0 Å². The number of benzene rings is 3. The number of likely N-dealkylation sites (N-methyl/N-ethyl adjacent to an activating group) is 1. The van der Waals surface area contributed by atoms with Gasteiger partial charge < -0.3 is 15.7 Å². The van der Waals surface area contributed by atoms with Crippen molar-refractivity contribution in [1.82, 2.24) is 20.4 Å². The topological polar surface area (TPSA) is 117 Å². The zero-order valence-electron chi connectivity index (χ0n) is 24.2. The summed E-state index contributed by atoms with van der Waals surface area (Å²) in [5.41, 5.74) is 1.36. The number of para-hydroxylation sites is 1. The Morgan fingerprint density at radius 3 is 2.44 bits per heavy atom. The fourth-order valence-electron chi connectivity index (χ4n) is 5.36. The molecule has 1 aromatic heterocycles. The van der Waals surface area contributed by atoms with Gasteiger partial charge in [-0.3, -0.25) is 19.3 Å². The van der Waals surface area contributed by atoms with Crippen LogP contribution in [0.3, 0.4) is 0 Å². The highest BCUT2D eigenvalue weighted by atomic mass is 19.4. The van der Waals surface area contributed by atoms with E-state index in [1.165, 1.54) is 11.0 Å². The minimum atomic E-state index is -4.65. The van der Waals surface area contributed by atoms with Gasteiger partial charge in [-0.15, -0.1) is 0 Å². The fourth-order valence-corrected chi connectivity index (χ4v) is 5.36. The van der Waals surface area contributed by atoms with Crippen LogP contribution in [-0.2, 0) is 22.3 Å². The number of aliphatic hydroxyl groups excluding tert-OH is 1. The van der Waals surface area contributed by atoms with Gasteiger partial charge in [-0.05, 0) is 48.4 Å². The average molecular weight is 618 g/mol. The molecule has 9 nitrogen and oxygen atoms in total. The lowest BCUT2D eigenvalue weighted by molar-refractivity contribution is -0.137. The summed E-state index contributed by atoms with van der Waals surface area (Å²) in [6, 6.07) is 19.1. The Balaban J connectivity index is 1.59. The molecule has 4 aromatic rings. The molecule has 2 atom stereocenters. The smallest absolute Gasteiger partial charge is 0.391 e. The first kappa shape index (κ1) is 31.2. The lowest BCUT2D eigenvalue weighted by Gasteiger charge is -2.38. The number of rotatable bonds is 9. The van der Waals surface area contributed by atoms with Crippen LogP contribution in [0.4, 0.5) is 19.0 Å². The van der Waals surface area contributed by atoms with Gasteiger partial charge in [0, 0.05) is 35.7 Å². The van der Waals surface area contributed by atoms with Crippen LogP contribution in [0.2, 0.25) is 0 Å². The van der Waals surface area contributed by atoms with Crippen molar-refractivity contribution in [2.75, 3.05) is 18.1 Å². The largest absolute Gasteiger partial charge is 0.416 e. The van der Waals surface area contributed by atoms with Gasteiger partial charge in [0.15, 0.2) is 0 Å². The van der Waals surface area contributed by atoms with Crippen LogP contribution in [0.1, 0.15) is 45.5 Å². The van der Waals surface area contributed by atoms with Gasteiger partial charge in [-0.25, -0.2) is 4.68 Å². The van der Waals surface area contributed by atoms with Crippen LogP contribution in [0.5, 0.6) is 0 Å². The van der Waals surface area contributed by atoms with Gasteiger partial charge in [-0.1, -0.05) is 55.1 Å². The van der Waals surface area contributed by atoms with Crippen LogP contribution in [0, 0.1) is 0 Å². The Morgan fingerprint density at radius 2 is 1.76 bits per heavy atom. The Bertz CT molecular complexity index is 1750. The highest BCUT2D eigenvalue weighted by Gasteiger charge is 2.44. The molecule has 2 heterocycles. The van der Waals surface area contributed by atoms with Gasteiger partial charge in [0.25, 0.3) is 11.8 Å². The number of hydrogen-bond acceptors (Lipinski definition) is 5. The maximum Gasteiger partial charge on any atom is 0.416 e. The maximum atomic E-state index is 14.2. The predicted octanol–water partition coefficient (Wildman–Crippen LogP) is 4.35. The summed E-state index contributed by atoms with van der Waals surface area (Å²) in [6.45, 7) is 5.12. The minimum Gasteiger partial charge on any atom is -0.391 e. The van der Waals surface area contributed by atoms with Gasteiger partial charge in [0.1, 0.15) is 11.9 Å². The van der Waals surface area contributed by atoms with Gasteiger partial charge in [-0.2, -0.15) is 18.3 Å². The molecule has 3 amide bonds. The third kappa shape index (κ3) is 6.36. The average Bonchev–Trinajstić information content (AvgIpc) is 3.48. The van der Waals surface area contributed by atoms with E-state index in [9.17, 15) is 32.7 Å². The number of alkyl halides is 3. The van der Waals surface area contributed by atoms with Gasteiger partial charge in [0.2, 0.25) is 5.91 Å². The highest BCUT2D eigenvalue weighted by Crippen LogP contribution is 2.41. The quantitative estimate of drug-likeness (QED) is 0.242. The van der Waals surface area contributed by atoms with E-state index in [0.717, 1.165) is 18.2 Å². The first-order valence-corrected chi connectivity index (χ1v) is 14.1. The highest BCUT2D eigenvalue weighted by molar-refractivity contribution is 6.05. The van der Waals surface area contributed by atoms with Gasteiger partial charge in [0.05, 0.1) is 24.1 Å². The van der Waals surface area contributed by atoms with Crippen molar-refractivity contribution in [3.8, 4) is 5.69 Å². The second-order valence-corrected chi connectivity index (χ2v) is 10.5. The molecule has 3 aromatic carbocycles. The Hall–Kier alpha value is -5.23. The van der Waals surface area contributed by atoms with E-state index in [4.69, 9.17) is 0 Å². The van der Waals surface area contributed by atoms with E-state index >= 15 is 0 Å². The number of halogens is 3. The van der Waals surface area contributed by atoms with Crippen LogP contribution in [-0.4, -0.2) is 51.8 Å². The molecule has 3 N–H and O–H groups in total. The number of hydrogen-bond donors (Lipinski definition) is 3. The molecular formula is C33H30F3N5O4. The SMILES string of the molecule is C=C(CO)C(=O)NCc1cccc([C@@H]2c3cnn(-c4ccccc4)c3N(CC)C(=O)[C@H]2NC(=O)c2cccc(C(F)(F)F)c2)c1. The number of fused-ring (bicyclic) bond motifs is 1. The molecule has 0 saturated carbocycles. The molecule has 0 radical (unpaired) electrons. The summed E-state index contributed by atoms with van der Waals surface area (Å²) in [6.07, 6.45) is -3.04. The molecule has 0 fully saturated rings. The first-order chi connectivity index (χ1) is 21.5. The van der Waals surface area contributed by atoms with Crippen molar-refractivity contribution in [1.29, 1.82) is 0 Å². The number of amides is 3. The molecule has 1 aliphatic heterocycles. The molecule has 1 aliphatic rings. The third-order valence-corrected chi connectivity index (χ3v) is 7.56. The molecule has 0 saturated heterocycles. The Morgan fingerprint density at radius 1 is 1.02 bits per heavy atom. The zero-order valence-corrected chi connectivity index (χ0v) is 24.2. The molecular weight excluding hydrogens is 587 g/mol. The second-order valence-electron chi connectivity index (χ2n) is 10.5. The number of carbonyl (C=O) groups is 3. The van der Waals surface area contributed by atoms with E-state index in [1.54, 1.807) is 42.1 Å². The summed E-state index contributed by atoms with van der Waals surface area (Å²) < 4.78 is 41.9. The molecule has 5 rings (SSSR count). The monoisotopic (exact) mass is 617 g/mol. The molecule has 0 aliphatic carbocycles. The predicted molar refractivity (Wildman–Crippen MR) is 161 cm³/mol. The van der Waals surface area contributed by atoms with E-state index in [0.29, 0.717) is 28.2 Å². The zero-order chi connectivity index (χ0) is 32.3. The number of aromatic nitrogens is 2. The van der Waals surface area contributed by atoms with E-state index in [1.807, 2.05) is 30.3 Å². The molecule has 45 heavy (non-hydrogen) atoms. The second kappa shape index (κ2) is 12.8. The first-order valence-electron chi connectivity index (χ1n) is 14.1. The Labute approximate surface area is 257 Å². The Kier molecular flexibility index (Phi) is 8.87. The molecule has 0 spiro atoms. The number of nitrogens with zero attached hydrogens (tertiary/aromatic N) is 3. The number of nitrogens with one attached hydrogen (secondary N) is 2. The molecule has 12 heteroatoms. The molecule has 0 bridgehead atoms. The van der Waals surface area contributed by atoms with Crippen molar-refractivity contribution in [3.63, 3.8) is 0 Å². The van der Waals surface area contributed by atoms with Crippen LogP contribution in [0.15, 0.2) is 97.2 Å². The summed E-state index contributed by atoms with van der Waals surface area (Å²) in [7, 11) is 0. The number of aliphatic hydroxyl groups is 1.